The molecule has 1 rings (SSSR count). The number of rotatable bonds is 4. The van der Waals surface area contributed by atoms with E-state index in [0.717, 1.165) is 11.3 Å². The zero-order valence-electron chi connectivity index (χ0n) is 8.96. The van der Waals surface area contributed by atoms with Gasteiger partial charge in [-0.2, -0.15) is 0 Å². The van der Waals surface area contributed by atoms with Crippen molar-refractivity contribution >= 4 is 5.78 Å². The molecule has 2 heteroatoms. The van der Waals surface area contributed by atoms with E-state index in [4.69, 9.17) is 4.74 Å². The van der Waals surface area contributed by atoms with E-state index in [1.54, 1.807) is 0 Å². The first kappa shape index (κ1) is 10.8. The van der Waals surface area contributed by atoms with Gasteiger partial charge in [-0.3, -0.25) is 4.79 Å². The van der Waals surface area contributed by atoms with Crippen LogP contribution in [0.5, 0.6) is 5.75 Å². The predicted molar refractivity (Wildman–Crippen MR) is 56.7 cm³/mol. The zero-order valence-corrected chi connectivity index (χ0v) is 8.96. The summed E-state index contributed by atoms with van der Waals surface area (Å²) in [5.41, 5.74) is 2.28. The van der Waals surface area contributed by atoms with E-state index in [-0.39, 0.29) is 12.4 Å². The molecular formula is C12H16O2. The highest BCUT2D eigenvalue weighted by Gasteiger charge is 2.02. The van der Waals surface area contributed by atoms with E-state index < -0.39 is 0 Å². The van der Waals surface area contributed by atoms with Gasteiger partial charge in [-0.1, -0.05) is 24.6 Å². The Morgan fingerprint density at radius 2 is 2.07 bits per heavy atom. The van der Waals surface area contributed by atoms with Gasteiger partial charge in [-0.15, -0.1) is 0 Å². The Balaban J connectivity index is 2.63. The first-order chi connectivity index (χ1) is 6.63. The number of aryl methyl sites for hydroxylation is 2. The predicted octanol–water partition coefficient (Wildman–Crippen LogP) is 2.66. The minimum atomic E-state index is 0.130. The van der Waals surface area contributed by atoms with E-state index in [1.807, 2.05) is 39.0 Å². The SMILES string of the molecule is CCC(=O)COc1ccc(C)cc1C. The quantitative estimate of drug-likeness (QED) is 0.733. The number of benzene rings is 1. The molecule has 0 fully saturated rings. The number of Topliss-reactive ketones (excluding diaryl/α,β-unsaturated/α-hetero) is 1. The molecule has 0 radical (unpaired) electrons. The van der Waals surface area contributed by atoms with Crippen molar-refractivity contribution in [2.45, 2.75) is 27.2 Å². The third-order valence-corrected chi connectivity index (χ3v) is 2.11. The summed E-state index contributed by atoms with van der Waals surface area (Å²) in [5.74, 6) is 0.933. The lowest BCUT2D eigenvalue weighted by atomic mass is 10.1. The lowest BCUT2D eigenvalue weighted by Gasteiger charge is -2.08. The van der Waals surface area contributed by atoms with E-state index in [1.165, 1.54) is 5.56 Å². The molecule has 14 heavy (non-hydrogen) atoms. The van der Waals surface area contributed by atoms with Gasteiger partial charge >= 0.3 is 0 Å². The largest absolute Gasteiger partial charge is 0.486 e. The molecule has 0 bridgehead atoms. The first-order valence-electron chi connectivity index (χ1n) is 4.85. The summed E-state index contributed by atoms with van der Waals surface area (Å²) in [6, 6.07) is 5.94. The Bertz CT molecular complexity index is 329. The highest BCUT2D eigenvalue weighted by molar-refractivity contribution is 5.79. The number of ketones is 1. The number of hydrogen-bond acceptors (Lipinski definition) is 2. The molecule has 0 aromatic heterocycles. The van der Waals surface area contributed by atoms with Crippen molar-refractivity contribution in [1.82, 2.24) is 0 Å². The fraction of sp³-hybridized carbons (Fsp3) is 0.417. The molecular weight excluding hydrogens is 176 g/mol. The standard InChI is InChI=1S/C12H16O2/c1-4-11(13)8-14-12-6-5-9(2)7-10(12)3/h5-7H,4,8H2,1-3H3. The summed E-state index contributed by atoms with van der Waals surface area (Å²) in [6.07, 6.45) is 0.533. The van der Waals surface area contributed by atoms with Crippen molar-refractivity contribution in [2.75, 3.05) is 6.61 Å². The number of carbonyl (C=O) groups is 1. The van der Waals surface area contributed by atoms with Crippen LogP contribution in [0.1, 0.15) is 24.5 Å². The molecule has 0 atom stereocenters. The Kier molecular flexibility index (Phi) is 3.69. The molecule has 2 nitrogen and oxygen atoms in total. The van der Waals surface area contributed by atoms with Gasteiger partial charge in [0.25, 0.3) is 0 Å². The molecule has 0 heterocycles. The summed E-state index contributed by atoms with van der Waals surface area (Å²) in [4.78, 5) is 11.0. The molecule has 76 valence electrons. The number of carbonyl (C=O) groups excluding carboxylic acids is 1. The van der Waals surface area contributed by atoms with Crippen LogP contribution in [-0.2, 0) is 4.79 Å². The molecule has 0 aliphatic heterocycles. The second kappa shape index (κ2) is 4.80. The monoisotopic (exact) mass is 192 g/mol. The van der Waals surface area contributed by atoms with Gasteiger partial charge in [0, 0.05) is 6.42 Å². The lowest BCUT2D eigenvalue weighted by Crippen LogP contribution is -2.10. The molecule has 0 unspecified atom stereocenters. The van der Waals surface area contributed by atoms with Gasteiger partial charge < -0.3 is 4.74 Å². The maximum atomic E-state index is 11.0. The van der Waals surface area contributed by atoms with Gasteiger partial charge in [0.2, 0.25) is 0 Å². The third kappa shape index (κ3) is 2.87. The molecule has 0 amide bonds. The van der Waals surface area contributed by atoms with Crippen molar-refractivity contribution in [1.29, 1.82) is 0 Å². The Hall–Kier alpha value is -1.31. The van der Waals surface area contributed by atoms with Crippen LogP contribution < -0.4 is 4.74 Å². The Morgan fingerprint density at radius 1 is 1.36 bits per heavy atom. The van der Waals surface area contributed by atoms with Crippen LogP contribution in [0.25, 0.3) is 0 Å². The van der Waals surface area contributed by atoms with Crippen LogP contribution in [0, 0.1) is 13.8 Å². The lowest BCUT2D eigenvalue weighted by molar-refractivity contribution is -0.120. The Labute approximate surface area is 84.9 Å². The molecule has 1 aromatic carbocycles. The van der Waals surface area contributed by atoms with E-state index in [9.17, 15) is 4.79 Å². The van der Waals surface area contributed by atoms with Crippen molar-refractivity contribution < 1.29 is 9.53 Å². The zero-order chi connectivity index (χ0) is 10.6. The van der Waals surface area contributed by atoms with Crippen LogP contribution in [0.3, 0.4) is 0 Å². The fourth-order valence-electron chi connectivity index (χ4n) is 1.22. The smallest absolute Gasteiger partial charge is 0.169 e. The average Bonchev–Trinajstić information content (AvgIpc) is 2.16. The third-order valence-electron chi connectivity index (χ3n) is 2.11. The van der Waals surface area contributed by atoms with Gasteiger partial charge in [0.15, 0.2) is 5.78 Å². The van der Waals surface area contributed by atoms with Crippen molar-refractivity contribution in [3.8, 4) is 5.75 Å². The minimum Gasteiger partial charge on any atom is -0.486 e. The first-order valence-corrected chi connectivity index (χ1v) is 4.85. The van der Waals surface area contributed by atoms with Gasteiger partial charge in [-0.05, 0) is 25.5 Å². The molecule has 0 saturated carbocycles. The molecule has 0 N–H and O–H groups in total. The maximum Gasteiger partial charge on any atom is 0.169 e. The highest BCUT2D eigenvalue weighted by Crippen LogP contribution is 2.18. The van der Waals surface area contributed by atoms with Crippen LogP contribution >= 0.6 is 0 Å². The molecule has 1 aromatic rings. The second-order valence-corrected chi connectivity index (χ2v) is 3.45. The van der Waals surface area contributed by atoms with Crippen molar-refractivity contribution in [3.63, 3.8) is 0 Å². The van der Waals surface area contributed by atoms with E-state index in [2.05, 4.69) is 0 Å². The van der Waals surface area contributed by atoms with Crippen LogP contribution in [-0.4, -0.2) is 12.4 Å². The van der Waals surface area contributed by atoms with Crippen molar-refractivity contribution in [2.24, 2.45) is 0 Å². The number of hydrogen-bond donors (Lipinski definition) is 0. The normalized spacial score (nSPS) is 9.93. The van der Waals surface area contributed by atoms with Gasteiger partial charge in [-0.25, -0.2) is 0 Å². The van der Waals surface area contributed by atoms with Gasteiger partial charge in [0.05, 0.1) is 0 Å². The highest BCUT2D eigenvalue weighted by atomic mass is 16.5. The molecule has 0 aliphatic rings. The van der Waals surface area contributed by atoms with E-state index >= 15 is 0 Å². The summed E-state index contributed by atoms with van der Waals surface area (Å²) in [5, 5.41) is 0. The topological polar surface area (TPSA) is 26.3 Å². The van der Waals surface area contributed by atoms with Gasteiger partial charge in [0.1, 0.15) is 12.4 Å². The second-order valence-electron chi connectivity index (χ2n) is 3.45. The summed E-state index contributed by atoms with van der Waals surface area (Å²) in [6.45, 7) is 6.04. The number of ether oxygens (including phenoxy) is 1. The molecule has 0 aliphatic carbocycles. The van der Waals surface area contributed by atoms with Crippen LogP contribution in [0.15, 0.2) is 18.2 Å². The average molecular weight is 192 g/mol. The van der Waals surface area contributed by atoms with Crippen molar-refractivity contribution in [3.05, 3.63) is 29.3 Å². The summed E-state index contributed by atoms with van der Waals surface area (Å²) in [7, 11) is 0. The molecule has 0 spiro atoms. The van der Waals surface area contributed by atoms with Crippen LogP contribution in [0.2, 0.25) is 0 Å². The summed E-state index contributed by atoms with van der Waals surface area (Å²) >= 11 is 0. The Morgan fingerprint density at radius 3 is 2.64 bits per heavy atom. The maximum absolute atomic E-state index is 11.0. The summed E-state index contributed by atoms with van der Waals surface area (Å²) < 4.78 is 5.39. The molecule has 0 saturated heterocycles. The minimum absolute atomic E-state index is 0.130. The van der Waals surface area contributed by atoms with Crippen LogP contribution in [0.4, 0.5) is 0 Å². The fourth-order valence-corrected chi connectivity index (χ4v) is 1.22. The van der Waals surface area contributed by atoms with E-state index in [0.29, 0.717) is 6.42 Å².